The zero-order chi connectivity index (χ0) is 17.3. The molecule has 0 amide bonds. The zero-order valence-electron chi connectivity index (χ0n) is 13.4. The van der Waals surface area contributed by atoms with Crippen LogP contribution in [0.15, 0.2) is 30.3 Å². The molecule has 0 aliphatic carbocycles. The summed E-state index contributed by atoms with van der Waals surface area (Å²) in [5.74, 6) is -0.264. The van der Waals surface area contributed by atoms with Crippen LogP contribution >= 0.6 is 0 Å². The normalized spacial score (nSPS) is 16.2. The second-order valence-electron chi connectivity index (χ2n) is 5.54. The van der Waals surface area contributed by atoms with Gasteiger partial charge in [-0.2, -0.15) is 0 Å². The van der Waals surface area contributed by atoms with Gasteiger partial charge in [-0.15, -0.1) is 0 Å². The van der Waals surface area contributed by atoms with Crippen molar-refractivity contribution in [1.29, 1.82) is 0 Å². The van der Waals surface area contributed by atoms with Crippen molar-refractivity contribution < 1.29 is 29.2 Å². The van der Waals surface area contributed by atoms with E-state index in [0.717, 1.165) is 0 Å². The van der Waals surface area contributed by atoms with Crippen molar-refractivity contribution in [1.82, 2.24) is 0 Å². The first-order valence-corrected chi connectivity index (χ1v) is 7.48. The van der Waals surface area contributed by atoms with Gasteiger partial charge in [-0.3, -0.25) is 4.79 Å². The molecule has 24 heavy (non-hydrogen) atoms. The number of carbonyl (C=O) groups is 1. The quantitative estimate of drug-likeness (QED) is 0.896. The summed E-state index contributed by atoms with van der Waals surface area (Å²) >= 11 is 0. The van der Waals surface area contributed by atoms with Crippen LogP contribution in [0, 0.1) is 5.92 Å². The summed E-state index contributed by atoms with van der Waals surface area (Å²) in [5.41, 5.74) is 0.738. The number of methoxy groups -OCH3 is 2. The predicted molar refractivity (Wildman–Crippen MR) is 86.3 cm³/mol. The number of para-hydroxylation sites is 1. The van der Waals surface area contributed by atoms with Gasteiger partial charge in [-0.1, -0.05) is 18.2 Å². The van der Waals surface area contributed by atoms with Crippen LogP contribution in [-0.2, 0) is 6.42 Å². The van der Waals surface area contributed by atoms with E-state index in [1.165, 1.54) is 20.3 Å². The minimum Gasteiger partial charge on any atom is -0.508 e. The number of hydrogen-bond acceptors (Lipinski definition) is 6. The number of fused-ring (bicyclic) bond motifs is 1. The lowest BCUT2D eigenvalue weighted by atomic mass is 9.88. The molecule has 0 bridgehead atoms. The summed E-state index contributed by atoms with van der Waals surface area (Å²) in [7, 11) is 2.83. The SMILES string of the molecule is COc1cc2c(c(O)c1OC)C(=O)C(Cc1ccccc1O)CO2. The van der Waals surface area contributed by atoms with Gasteiger partial charge in [-0.25, -0.2) is 0 Å². The summed E-state index contributed by atoms with van der Waals surface area (Å²) in [4.78, 5) is 12.8. The van der Waals surface area contributed by atoms with Crippen LogP contribution in [0.2, 0.25) is 0 Å². The van der Waals surface area contributed by atoms with Gasteiger partial charge in [-0.05, 0) is 18.1 Å². The van der Waals surface area contributed by atoms with Crippen molar-refractivity contribution in [3.05, 3.63) is 41.5 Å². The van der Waals surface area contributed by atoms with E-state index in [-0.39, 0.29) is 41.0 Å². The van der Waals surface area contributed by atoms with Crippen molar-refractivity contribution in [2.24, 2.45) is 5.92 Å². The van der Waals surface area contributed by atoms with Crippen molar-refractivity contribution in [3.63, 3.8) is 0 Å². The number of hydrogen-bond donors (Lipinski definition) is 2. The molecule has 1 heterocycles. The predicted octanol–water partition coefficient (Wildman–Crippen LogP) is 2.55. The molecule has 126 valence electrons. The highest BCUT2D eigenvalue weighted by Gasteiger charge is 2.35. The molecule has 0 fully saturated rings. The van der Waals surface area contributed by atoms with Crippen molar-refractivity contribution in [3.8, 4) is 28.7 Å². The molecule has 2 aromatic rings. The van der Waals surface area contributed by atoms with Gasteiger partial charge in [0.05, 0.1) is 26.7 Å². The molecule has 2 aromatic carbocycles. The van der Waals surface area contributed by atoms with E-state index in [0.29, 0.717) is 17.7 Å². The Morgan fingerprint density at radius 1 is 1.21 bits per heavy atom. The van der Waals surface area contributed by atoms with E-state index in [1.54, 1.807) is 24.3 Å². The van der Waals surface area contributed by atoms with Crippen molar-refractivity contribution >= 4 is 5.78 Å². The van der Waals surface area contributed by atoms with Crippen molar-refractivity contribution in [2.45, 2.75) is 6.42 Å². The van der Waals surface area contributed by atoms with E-state index in [2.05, 4.69) is 0 Å². The Labute approximate surface area is 139 Å². The maximum absolute atomic E-state index is 12.8. The summed E-state index contributed by atoms with van der Waals surface area (Å²) in [5, 5.41) is 20.3. The number of carbonyl (C=O) groups excluding carboxylic acids is 1. The summed E-state index contributed by atoms with van der Waals surface area (Å²) < 4.78 is 15.9. The number of benzene rings is 2. The minimum absolute atomic E-state index is 0.0827. The molecule has 3 rings (SSSR count). The van der Waals surface area contributed by atoms with Crippen LogP contribution in [0.4, 0.5) is 0 Å². The number of phenolic OH excluding ortho intramolecular Hbond substituents is 2. The number of Topliss-reactive ketones (excluding diaryl/α,β-unsaturated/α-hetero) is 1. The lowest BCUT2D eigenvalue weighted by Gasteiger charge is -2.26. The molecule has 1 unspecified atom stereocenters. The third kappa shape index (κ3) is 2.60. The Balaban J connectivity index is 1.97. The van der Waals surface area contributed by atoms with Crippen LogP contribution < -0.4 is 14.2 Å². The Bertz CT molecular complexity index is 783. The molecule has 0 saturated carbocycles. The molecule has 2 N–H and O–H groups in total. The Morgan fingerprint density at radius 2 is 1.96 bits per heavy atom. The average molecular weight is 330 g/mol. The standard InChI is InChI=1S/C18H18O6/c1-22-14-8-13-15(17(21)18(14)23-2)16(20)11(9-24-13)7-10-5-3-4-6-12(10)19/h3-6,8,11,19,21H,7,9H2,1-2H3. The Morgan fingerprint density at radius 3 is 2.62 bits per heavy atom. The molecule has 6 heteroatoms. The van der Waals surface area contributed by atoms with Crippen LogP contribution in [0.25, 0.3) is 0 Å². The lowest BCUT2D eigenvalue weighted by molar-refractivity contribution is 0.0824. The van der Waals surface area contributed by atoms with E-state index < -0.39 is 5.92 Å². The molecular formula is C18H18O6. The molecule has 1 aliphatic heterocycles. The Kier molecular flexibility index (Phi) is 4.20. The first-order valence-electron chi connectivity index (χ1n) is 7.48. The monoisotopic (exact) mass is 330 g/mol. The minimum atomic E-state index is -0.505. The van der Waals surface area contributed by atoms with Gasteiger partial charge in [0.1, 0.15) is 17.1 Å². The van der Waals surface area contributed by atoms with Gasteiger partial charge in [0.25, 0.3) is 0 Å². The van der Waals surface area contributed by atoms with Gasteiger partial charge >= 0.3 is 0 Å². The summed E-state index contributed by atoms with van der Waals surface area (Å²) in [6.07, 6.45) is 0.318. The smallest absolute Gasteiger partial charge is 0.204 e. The van der Waals surface area contributed by atoms with E-state index >= 15 is 0 Å². The van der Waals surface area contributed by atoms with Crippen molar-refractivity contribution in [2.75, 3.05) is 20.8 Å². The van der Waals surface area contributed by atoms with E-state index in [4.69, 9.17) is 14.2 Å². The number of ether oxygens (including phenoxy) is 3. The highest BCUT2D eigenvalue weighted by atomic mass is 16.5. The molecular weight excluding hydrogens is 312 g/mol. The number of rotatable bonds is 4. The molecule has 0 radical (unpaired) electrons. The second-order valence-corrected chi connectivity index (χ2v) is 5.54. The van der Waals surface area contributed by atoms with Gasteiger partial charge < -0.3 is 24.4 Å². The van der Waals surface area contributed by atoms with Gasteiger partial charge in [0.2, 0.25) is 5.75 Å². The Hall–Kier alpha value is -2.89. The fourth-order valence-corrected chi connectivity index (χ4v) is 2.88. The summed E-state index contributed by atoms with van der Waals surface area (Å²) in [6.45, 7) is 0.162. The first kappa shape index (κ1) is 16.0. The maximum atomic E-state index is 12.8. The van der Waals surface area contributed by atoms with E-state index in [1.807, 2.05) is 0 Å². The van der Waals surface area contributed by atoms with Crippen LogP contribution in [0.1, 0.15) is 15.9 Å². The highest BCUT2D eigenvalue weighted by molar-refractivity contribution is 6.05. The van der Waals surface area contributed by atoms with Gasteiger partial charge in [0, 0.05) is 6.07 Å². The molecule has 1 aliphatic rings. The fraction of sp³-hybridized carbons (Fsp3) is 0.278. The largest absolute Gasteiger partial charge is 0.508 e. The number of phenols is 2. The second kappa shape index (κ2) is 6.31. The topological polar surface area (TPSA) is 85.2 Å². The summed E-state index contributed by atoms with van der Waals surface area (Å²) in [6, 6.07) is 8.37. The third-order valence-electron chi connectivity index (χ3n) is 4.12. The molecule has 0 spiro atoms. The van der Waals surface area contributed by atoms with Crippen LogP contribution in [-0.4, -0.2) is 36.8 Å². The third-order valence-corrected chi connectivity index (χ3v) is 4.12. The average Bonchev–Trinajstić information content (AvgIpc) is 2.58. The highest BCUT2D eigenvalue weighted by Crippen LogP contribution is 2.47. The maximum Gasteiger partial charge on any atom is 0.204 e. The zero-order valence-corrected chi connectivity index (χ0v) is 13.4. The van der Waals surface area contributed by atoms with E-state index in [9.17, 15) is 15.0 Å². The number of ketones is 1. The van der Waals surface area contributed by atoms with Crippen LogP contribution in [0.5, 0.6) is 28.7 Å². The lowest BCUT2D eigenvalue weighted by Crippen LogP contribution is -2.29. The molecule has 0 saturated heterocycles. The van der Waals surface area contributed by atoms with Gasteiger partial charge in [0.15, 0.2) is 17.3 Å². The van der Waals surface area contributed by atoms with Crippen LogP contribution in [0.3, 0.4) is 0 Å². The number of aromatic hydroxyl groups is 2. The molecule has 6 nitrogen and oxygen atoms in total. The molecule has 0 aromatic heterocycles. The molecule has 1 atom stereocenters. The first-order chi connectivity index (χ1) is 11.6. The fourth-order valence-electron chi connectivity index (χ4n) is 2.88.